The van der Waals surface area contributed by atoms with E-state index in [1.54, 1.807) is 48.5 Å². The predicted octanol–water partition coefficient (Wildman–Crippen LogP) is 4.79. The Balaban J connectivity index is 2.05. The van der Waals surface area contributed by atoms with Crippen LogP contribution in [0.25, 0.3) is 0 Å². The maximum Gasteiger partial charge on any atom is 0.265 e. The molecule has 0 aliphatic heterocycles. The highest BCUT2D eigenvalue weighted by Crippen LogP contribution is 2.20. The average molecular weight is 324 g/mol. The maximum atomic E-state index is 12.2. The minimum atomic E-state index is -0.595. The highest BCUT2D eigenvalue weighted by molar-refractivity contribution is 6.31. The third-order valence-electron chi connectivity index (χ3n) is 2.83. The maximum absolute atomic E-state index is 12.2. The van der Waals surface area contributed by atoms with E-state index in [0.29, 0.717) is 27.9 Å². The minimum absolute atomic E-state index is 0.222. The van der Waals surface area contributed by atoms with E-state index in [9.17, 15) is 4.79 Å². The van der Waals surface area contributed by atoms with Crippen LogP contribution >= 0.6 is 23.2 Å². The van der Waals surface area contributed by atoms with Gasteiger partial charge < -0.3 is 10.1 Å². The third kappa shape index (κ3) is 4.66. The van der Waals surface area contributed by atoms with Gasteiger partial charge in [-0.1, -0.05) is 42.3 Å². The molecule has 110 valence electrons. The molecule has 0 aliphatic carbocycles. The Kier molecular flexibility index (Phi) is 5.48. The van der Waals surface area contributed by atoms with Crippen LogP contribution in [0.1, 0.15) is 13.3 Å². The van der Waals surface area contributed by atoms with Gasteiger partial charge in [-0.25, -0.2) is 0 Å². The molecule has 2 rings (SSSR count). The first kappa shape index (κ1) is 15.7. The van der Waals surface area contributed by atoms with Gasteiger partial charge in [-0.2, -0.15) is 0 Å². The second-order valence-electron chi connectivity index (χ2n) is 4.47. The molecule has 0 saturated heterocycles. The van der Waals surface area contributed by atoms with E-state index < -0.39 is 6.10 Å². The number of hydrogen-bond acceptors (Lipinski definition) is 2. The first-order valence-corrected chi connectivity index (χ1v) is 7.32. The predicted molar refractivity (Wildman–Crippen MR) is 86.2 cm³/mol. The molecule has 0 unspecified atom stereocenters. The molecule has 0 bridgehead atoms. The van der Waals surface area contributed by atoms with Crippen LogP contribution in [0.3, 0.4) is 0 Å². The van der Waals surface area contributed by atoms with Crippen LogP contribution in [0.5, 0.6) is 5.75 Å². The van der Waals surface area contributed by atoms with Crippen LogP contribution in [0, 0.1) is 0 Å². The van der Waals surface area contributed by atoms with Crippen molar-refractivity contribution in [2.45, 2.75) is 19.4 Å². The summed E-state index contributed by atoms with van der Waals surface area (Å²) in [5.41, 5.74) is 0.639. The Labute approximate surface area is 133 Å². The molecule has 0 fully saturated rings. The minimum Gasteiger partial charge on any atom is -0.481 e. The lowest BCUT2D eigenvalue weighted by atomic mass is 10.2. The van der Waals surface area contributed by atoms with E-state index >= 15 is 0 Å². The van der Waals surface area contributed by atoms with Crippen LogP contribution in [-0.4, -0.2) is 12.0 Å². The Morgan fingerprint density at radius 3 is 2.43 bits per heavy atom. The number of anilines is 1. The molecular weight excluding hydrogens is 309 g/mol. The molecule has 0 aliphatic rings. The van der Waals surface area contributed by atoms with E-state index in [1.807, 2.05) is 6.92 Å². The summed E-state index contributed by atoms with van der Waals surface area (Å²) in [5, 5.41) is 3.92. The first-order valence-electron chi connectivity index (χ1n) is 6.57. The van der Waals surface area contributed by atoms with E-state index in [1.165, 1.54) is 0 Å². The summed E-state index contributed by atoms with van der Waals surface area (Å²) in [6.45, 7) is 1.88. The number of carbonyl (C=O) groups excluding carboxylic acids is 1. The molecule has 1 atom stereocenters. The molecule has 0 spiro atoms. The number of carbonyl (C=O) groups is 1. The van der Waals surface area contributed by atoms with Gasteiger partial charge in [0.15, 0.2) is 6.10 Å². The van der Waals surface area contributed by atoms with Crippen molar-refractivity contribution in [1.29, 1.82) is 0 Å². The van der Waals surface area contributed by atoms with Gasteiger partial charge in [-0.15, -0.1) is 0 Å². The molecule has 0 heterocycles. The molecule has 0 aromatic heterocycles. The SMILES string of the molecule is CC[C@@H](Oc1cccc(Cl)c1)C(=O)Nc1cccc(Cl)c1. The summed E-state index contributed by atoms with van der Waals surface area (Å²) in [6, 6.07) is 14.0. The second-order valence-corrected chi connectivity index (χ2v) is 5.34. The van der Waals surface area contributed by atoms with Crippen molar-refractivity contribution in [3.63, 3.8) is 0 Å². The van der Waals surface area contributed by atoms with Gasteiger partial charge in [0.1, 0.15) is 5.75 Å². The van der Waals surface area contributed by atoms with E-state index in [-0.39, 0.29) is 5.91 Å². The standard InChI is InChI=1S/C16H15Cl2NO2/c1-2-15(21-14-8-4-6-12(18)10-14)16(20)19-13-7-3-5-11(17)9-13/h3-10,15H,2H2,1H3,(H,19,20)/t15-/m1/s1. The number of ether oxygens (including phenoxy) is 1. The van der Waals surface area contributed by atoms with Crippen molar-refractivity contribution < 1.29 is 9.53 Å². The molecule has 0 saturated carbocycles. The van der Waals surface area contributed by atoms with E-state index in [4.69, 9.17) is 27.9 Å². The zero-order valence-electron chi connectivity index (χ0n) is 11.5. The van der Waals surface area contributed by atoms with Crippen LogP contribution < -0.4 is 10.1 Å². The van der Waals surface area contributed by atoms with Crippen LogP contribution in [-0.2, 0) is 4.79 Å². The van der Waals surface area contributed by atoms with E-state index in [0.717, 1.165) is 0 Å². The number of nitrogens with one attached hydrogen (secondary N) is 1. The highest BCUT2D eigenvalue weighted by Gasteiger charge is 2.18. The Morgan fingerprint density at radius 2 is 1.81 bits per heavy atom. The topological polar surface area (TPSA) is 38.3 Å². The number of amides is 1. The zero-order chi connectivity index (χ0) is 15.2. The molecule has 1 N–H and O–H groups in total. The van der Waals surface area contributed by atoms with Crippen molar-refractivity contribution in [1.82, 2.24) is 0 Å². The lowest BCUT2D eigenvalue weighted by Crippen LogP contribution is -2.32. The van der Waals surface area contributed by atoms with Gasteiger partial charge in [0.25, 0.3) is 5.91 Å². The average Bonchev–Trinajstić information content (AvgIpc) is 2.44. The van der Waals surface area contributed by atoms with Gasteiger partial charge in [0.05, 0.1) is 0 Å². The quantitative estimate of drug-likeness (QED) is 0.859. The van der Waals surface area contributed by atoms with Gasteiger partial charge in [0, 0.05) is 15.7 Å². The highest BCUT2D eigenvalue weighted by atomic mass is 35.5. The van der Waals surface area contributed by atoms with Crippen molar-refractivity contribution >= 4 is 34.8 Å². The van der Waals surface area contributed by atoms with E-state index in [2.05, 4.69) is 5.32 Å². The number of halogens is 2. The molecule has 1 amide bonds. The second kappa shape index (κ2) is 7.34. The van der Waals surface area contributed by atoms with Gasteiger partial charge in [0.2, 0.25) is 0 Å². The summed E-state index contributed by atoms with van der Waals surface area (Å²) < 4.78 is 5.68. The summed E-state index contributed by atoms with van der Waals surface area (Å²) in [6.07, 6.45) is -0.0544. The van der Waals surface area contributed by atoms with Gasteiger partial charge in [-0.3, -0.25) is 4.79 Å². The molecule has 2 aromatic carbocycles. The van der Waals surface area contributed by atoms with Crippen LogP contribution in [0.15, 0.2) is 48.5 Å². The molecule has 5 heteroatoms. The van der Waals surface area contributed by atoms with Gasteiger partial charge >= 0.3 is 0 Å². The number of benzene rings is 2. The monoisotopic (exact) mass is 323 g/mol. The summed E-state index contributed by atoms with van der Waals surface area (Å²) >= 11 is 11.8. The Morgan fingerprint density at radius 1 is 1.14 bits per heavy atom. The molecule has 3 nitrogen and oxygen atoms in total. The van der Waals surface area contributed by atoms with Crippen molar-refractivity contribution in [2.24, 2.45) is 0 Å². The Hall–Kier alpha value is -1.71. The fraction of sp³-hybridized carbons (Fsp3) is 0.188. The van der Waals surface area contributed by atoms with Crippen LogP contribution in [0.4, 0.5) is 5.69 Å². The Bertz CT molecular complexity index is 631. The van der Waals surface area contributed by atoms with Crippen molar-refractivity contribution in [3.8, 4) is 5.75 Å². The fourth-order valence-electron chi connectivity index (χ4n) is 1.82. The largest absolute Gasteiger partial charge is 0.481 e. The lowest BCUT2D eigenvalue weighted by Gasteiger charge is -2.17. The van der Waals surface area contributed by atoms with Crippen molar-refractivity contribution in [3.05, 3.63) is 58.6 Å². The molecule has 0 radical (unpaired) electrons. The zero-order valence-corrected chi connectivity index (χ0v) is 13.0. The summed E-state index contributed by atoms with van der Waals surface area (Å²) in [4.78, 5) is 12.2. The lowest BCUT2D eigenvalue weighted by molar-refractivity contribution is -0.122. The van der Waals surface area contributed by atoms with Crippen LogP contribution in [0.2, 0.25) is 10.0 Å². The summed E-state index contributed by atoms with van der Waals surface area (Å²) in [5.74, 6) is 0.343. The first-order chi connectivity index (χ1) is 10.1. The smallest absolute Gasteiger partial charge is 0.265 e. The summed E-state index contributed by atoms with van der Waals surface area (Å²) in [7, 11) is 0. The molecule has 2 aromatic rings. The molecular formula is C16H15Cl2NO2. The number of rotatable bonds is 5. The van der Waals surface area contributed by atoms with Crippen molar-refractivity contribution in [2.75, 3.05) is 5.32 Å². The third-order valence-corrected chi connectivity index (χ3v) is 3.30. The molecule has 21 heavy (non-hydrogen) atoms. The fourth-order valence-corrected chi connectivity index (χ4v) is 2.19. The number of hydrogen-bond donors (Lipinski definition) is 1. The normalized spacial score (nSPS) is 11.8. The van der Waals surface area contributed by atoms with Gasteiger partial charge in [-0.05, 0) is 42.8 Å².